The van der Waals surface area contributed by atoms with Crippen LogP contribution in [-0.2, 0) is 13.6 Å². The molecule has 5 heteroatoms. The van der Waals surface area contributed by atoms with Crippen molar-refractivity contribution in [3.8, 4) is 0 Å². The highest BCUT2D eigenvalue weighted by molar-refractivity contribution is 7.99. The second-order valence-electron chi connectivity index (χ2n) is 3.70. The van der Waals surface area contributed by atoms with Gasteiger partial charge in [-0.1, -0.05) is 6.92 Å². The lowest BCUT2D eigenvalue weighted by molar-refractivity contribution is 0.296. The third kappa shape index (κ3) is 3.50. The number of thioether (sulfide) groups is 1. The van der Waals surface area contributed by atoms with Crippen LogP contribution in [0.1, 0.15) is 24.6 Å². The third-order valence-electron chi connectivity index (χ3n) is 2.38. The summed E-state index contributed by atoms with van der Waals surface area (Å²) < 4.78 is 1.93. The largest absolute Gasteiger partial charge is 0.396 e. The highest BCUT2D eigenvalue weighted by Crippen LogP contribution is 2.25. The Kier molecular flexibility index (Phi) is 5.87. The lowest BCUT2D eigenvalue weighted by Crippen LogP contribution is -2.13. The first-order valence-electron chi connectivity index (χ1n) is 5.67. The Hall–Kier alpha value is -0.520. The van der Waals surface area contributed by atoms with Crippen LogP contribution in [0.15, 0.2) is 5.03 Å². The minimum Gasteiger partial charge on any atom is -0.396 e. The molecule has 1 heterocycles. The first-order valence-corrected chi connectivity index (χ1v) is 6.66. The molecule has 1 rings (SSSR count). The number of aliphatic hydroxyl groups excluding tert-OH is 1. The standard InChI is InChI=1S/C11H21N3OS/c1-4-12-8-10-9(2)13-14(3)11(10)16-7-5-6-15/h12,15H,4-8H2,1-3H3. The molecule has 1 aromatic rings. The zero-order valence-electron chi connectivity index (χ0n) is 10.3. The summed E-state index contributed by atoms with van der Waals surface area (Å²) in [6.07, 6.45) is 0.829. The van der Waals surface area contributed by atoms with Crippen molar-refractivity contribution < 1.29 is 5.11 Å². The number of aryl methyl sites for hydroxylation is 2. The Morgan fingerprint density at radius 2 is 2.25 bits per heavy atom. The molecule has 4 nitrogen and oxygen atoms in total. The van der Waals surface area contributed by atoms with Gasteiger partial charge in [-0.25, -0.2) is 0 Å². The minimum atomic E-state index is 0.256. The first kappa shape index (κ1) is 13.5. The lowest BCUT2D eigenvalue weighted by Gasteiger charge is -2.06. The highest BCUT2D eigenvalue weighted by atomic mass is 32.2. The van der Waals surface area contributed by atoms with Gasteiger partial charge in [0.1, 0.15) is 0 Å². The van der Waals surface area contributed by atoms with Crippen LogP contribution in [0, 0.1) is 6.92 Å². The van der Waals surface area contributed by atoms with Gasteiger partial charge in [-0.15, -0.1) is 11.8 Å². The second kappa shape index (κ2) is 6.93. The van der Waals surface area contributed by atoms with Crippen molar-refractivity contribution in [2.45, 2.75) is 31.8 Å². The molecule has 0 spiro atoms. The van der Waals surface area contributed by atoms with Gasteiger partial charge in [-0.2, -0.15) is 5.10 Å². The van der Waals surface area contributed by atoms with Crippen LogP contribution in [0.5, 0.6) is 0 Å². The number of aromatic nitrogens is 2. The molecule has 0 aliphatic heterocycles. The van der Waals surface area contributed by atoms with E-state index in [0.717, 1.165) is 31.0 Å². The minimum absolute atomic E-state index is 0.256. The van der Waals surface area contributed by atoms with Crippen molar-refractivity contribution in [2.24, 2.45) is 7.05 Å². The number of nitrogens with one attached hydrogen (secondary N) is 1. The zero-order chi connectivity index (χ0) is 12.0. The van der Waals surface area contributed by atoms with E-state index in [1.54, 1.807) is 11.8 Å². The van der Waals surface area contributed by atoms with Gasteiger partial charge >= 0.3 is 0 Å². The Balaban J connectivity index is 2.71. The summed E-state index contributed by atoms with van der Waals surface area (Å²) in [5.74, 6) is 0.939. The van der Waals surface area contributed by atoms with E-state index in [0.29, 0.717) is 0 Å². The predicted molar refractivity (Wildman–Crippen MR) is 67.8 cm³/mol. The van der Waals surface area contributed by atoms with E-state index in [4.69, 9.17) is 5.11 Å². The molecule has 0 aromatic carbocycles. The first-order chi connectivity index (χ1) is 7.70. The van der Waals surface area contributed by atoms with Crippen LogP contribution in [-0.4, -0.2) is 33.8 Å². The second-order valence-corrected chi connectivity index (χ2v) is 4.78. The quantitative estimate of drug-likeness (QED) is 0.560. The van der Waals surface area contributed by atoms with Crippen molar-refractivity contribution in [3.63, 3.8) is 0 Å². The number of aliphatic hydroxyl groups is 1. The molecule has 0 unspecified atom stereocenters. The fourth-order valence-electron chi connectivity index (χ4n) is 1.55. The average Bonchev–Trinajstić information content (AvgIpc) is 2.52. The summed E-state index contributed by atoms with van der Waals surface area (Å²) in [7, 11) is 1.98. The molecule has 0 bridgehead atoms. The highest BCUT2D eigenvalue weighted by Gasteiger charge is 2.12. The molecule has 0 aliphatic rings. The Bertz CT molecular complexity index is 325. The lowest BCUT2D eigenvalue weighted by atomic mass is 10.2. The molecular weight excluding hydrogens is 222 g/mol. The van der Waals surface area contributed by atoms with Crippen molar-refractivity contribution in [1.82, 2.24) is 15.1 Å². The van der Waals surface area contributed by atoms with E-state index in [1.807, 2.05) is 18.7 Å². The van der Waals surface area contributed by atoms with Gasteiger partial charge < -0.3 is 10.4 Å². The van der Waals surface area contributed by atoms with E-state index in [-0.39, 0.29) is 6.61 Å². The monoisotopic (exact) mass is 243 g/mol. The van der Waals surface area contributed by atoms with E-state index in [1.165, 1.54) is 10.6 Å². The topological polar surface area (TPSA) is 50.1 Å². The zero-order valence-corrected chi connectivity index (χ0v) is 11.1. The summed E-state index contributed by atoms with van der Waals surface area (Å²) in [5, 5.41) is 17.8. The van der Waals surface area contributed by atoms with Crippen LogP contribution in [0.2, 0.25) is 0 Å². The molecule has 0 aliphatic carbocycles. The fourth-order valence-corrected chi connectivity index (χ4v) is 2.64. The SMILES string of the molecule is CCNCc1c(C)nn(C)c1SCCCO. The van der Waals surface area contributed by atoms with E-state index in [2.05, 4.69) is 17.3 Å². The molecule has 0 atom stereocenters. The van der Waals surface area contributed by atoms with E-state index >= 15 is 0 Å². The van der Waals surface area contributed by atoms with Gasteiger partial charge in [0.2, 0.25) is 0 Å². The Labute approximate surface area is 101 Å². The van der Waals surface area contributed by atoms with Crippen LogP contribution >= 0.6 is 11.8 Å². The average molecular weight is 243 g/mol. The number of rotatable bonds is 7. The Morgan fingerprint density at radius 3 is 2.88 bits per heavy atom. The molecule has 0 saturated carbocycles. The fraction of sp³-hybridized carbons (Fsp3) is 0.727. The van der Waals surface area contributed by atoms with Crippen molar-refractivity contribution in [2.75, 3.05) is 18.9 Å². The Morgan fingerprint density at radius 1 is 1.50 bits per heavy atom. The maximum absolute atomic E-state index is 8.78. The summed E-state index contributed by atoms with van der Waals surface area (Å²) in [6.45, 7) is 6.24. The number of nitrogens with zero attached hydrogens (tertiary/aromatic N) is 2. The van der Waals surface area contributed by atoms with Gasteiger partial charge in [0, 0.05) is 31.5 Å². The molecule has 0 fully saturated rings. The number of hydrogen-bond acceptors (Lipinski definition) is 4. The molecule has 16 heavy (non-hydrogen) atoms. The molecule has 0 amide bonds. The van der Waals surface area contributed by atoms with Crippen LogP contribution in [0.25, 0.3) is 0 Å². The van der Waals surface area contributed by atoms with Gasteiger partial charge in [-0.05, 0) is 19.9 Å². The molecule has 0 saturated heterocycles. The van der Waals surface area contributed by atoms with Gasteiger partial charge in [-0.3, -0.25) is 4.68 Å². The molecule has 0 radical (unpaired) electrons. The smallest absolute Gasteiger partial charge is 0.0984 e. The van der Waals surface area contributed by atoms with E-state index < -0.39 is 0 Å². The van der Waals surface area contributed by atoms with Gasteiger partial charge in [0.25, 0.3) is 0 Å². The summed E-state index contributed by atoms with van der Waals surface area (Å²) in [6, 6.07) is 0. The van der Waals surface area contributed by atoms with Gasteiger partial charge in [0.05, 0.1) is 10.7 Å². The summed E-state index contributed by atoms with van der Waals surface area (Å²) >= 11 is 1.77. The molecule has 92 valence electrons. The van der Waals surface area contributed by atoms with Crippen molar-refractivity contribution >= 4 is 11.8 Å². The maximum Gasteiger partial charge on any atom is 0.0984 e. The maximum atomic E-state index is 8.78. The third-order valence-corrected chi connectivity index (χ3v) is 3.66. The van der Waals surface area contributed by atoms with Gasteiger partial charge in [0.15, 0.2) is 0 Å². The molecule has 2 N–H and O–H groups in total. The van der Waals surface area contributed by atoms with E-state index in [9.17, 15) is 0 Å². The van der Waals surface area contributed by atoms with Crippen LogP contribution in [0.3, 0.4) is 0 Å². The normalized spacial score (nSPS) is 11.0. The predicted octanol–water partition coefficient (Wildman–Crippen LogP) is 1.31. The summed E-state index contributed by atoms with van der Waals surface area (Å²) in [5.41, 5.74) is 2.38. The molecule has 1 aromatic heterocycles. The molecular formula is C11H21N3OS. The summed E-state index contributed by atoms with van der Waals surface area (Å²) in [4.78, 5) is 0. The van der Waals surface area contributed by atoms with Crippen molar-refractivity contribution in [3.05, 3.63) is 11.3 Å². The van der Waals surface area contributed by atoms with Crippen LogP contribution in [0.4, 0.5) is 0 Å². The van der Waals surface area contributed by atoms with Crippen molar-refractivity contribution in [1.29, 1.82) is 0 Å². The number of hydrogen-bond donors (Lipinski definition) is 2. The van der Waals surface area contributed by atoms with Crippen LogP contribution < -0.4 is 5.32 Å².